The fourth-order valence-electron chi connectivity index (χ4n) is 5.06. The van der Waals surface area contributed by atoms with Gasteiger partial charge in [-0.25, -0.2) is 12.8 Å². The van der Waals surface area contributed by atoms with Gasteiger partial charge in [-0.15, -0.1) is 0 Å². The van der Waals surface area contributed by atoms with Gasteiger partial charge in [0.15, 0.2) is 6.61 Å². The molecule has 0 fully saturated rings. The number of sulfonamides is 1. The maximum absolute atomic E-state index is 14.0. The van der Waals surface area contributed by atoms with Gasteiger partial charge in [-0.1, -0.05) is 72.8 Å². The largest absolute Gasteiger partial charge is 0.497 e. The summed E-state index contributed by atoms with van der Waals surface area (Å²) in [5.41, 5.74) is 2.79. The molecule has 0 heterocycles. The zero-order chi connectivity index (χ0) is 34.6. The van der Waals surface area contributed by atoms with Crippen molar-refractivity contribution < 1.29 is 31.9 Å². The average molecular weight is 682 g/mol. The van der Waals surface area contributed by atoms with Crippen molar-refractivity contribution in [1.29, 1.82) is 0 Å². The van der Waals surface area contributed by atoms with Crippen molar-refractivity contribution in [2.45, 2.75) is 30.4 Å². The van der Waals surface area contributed by atoms with Gasteiger partial charge in [-0.3, -0.25) is 14.3 Å². The van der Waals surface area contributed by atoms with E-state index in [2.05, 4.69) is 10.0 Å². The summed E-state index contributed by atoms with van der Waals surface area (Å²) >= 11 is 0. The normalized spacial score (nSPS) is 11.6. The molecule has 0 saturated heterocycles. The lowest BCUT2D eigenvalue weighted by atomic mass is 10.0. The molecule has 5 aromatic rings. The zero-order valence-corrected chi connectivity index (χ0v) is 27.6. The van der Waals surface area contributed by atoms with Gasteiger partial charge in [0.05, 0.1) is 12.0 Å². The number of anilines is 1. The number of nitrogens with zero attached hydrogens (tertiary/aromatic N) is 1. The first-order valence-electron chi connectivity index (χ1n) is 15.5. The Labute approximate surface area is 285 Å². The van der Waals surface area contributed by atoms with Crippen molar-refractivity contribution in [3.05, 3.63) is 156 Å². The molecule has 0 aliphatic carbocycles. The van der Waals surface area contributed by atoms with Gasteiger partial charge >= 0.3 is 0 Å². The predicted octanol–water partition coefficient (Wildman–Crippen LogP) is 5.97. The summed E-state index contributed by atoms with van der Waals surface area (Å²) in [6.07, 6.45) is 0.261. The first-order chi connectivity index (χ1) is 23.7. The molecular formula is C38H36FN3O6S. The maximum Gasteiger partial charge on any atom is 0.261 e. The molecule has 0 spiro atoms. The second-order valence-corrected chi connectivity index (χ2v) is 12.8. The summed E-state index contributed by atoms with van der Waals surface area (Å²) in [6.45, 7) is -0.000675. The fourth-order valence-corrected chi connectivity index (χ4v) is 6.12. The highest BCUT2D eigenvalue weighted by molar-refractivity contribution is 7.92. The van der Waals surface area contributed by atoms with Gasteiger partial charge in [0.1, 0.15) is 23.4 Å². The zero-order valence-electron chi connectivity index (χ0n) is 26.8. The van der Waals surface area contributed by atoms with Crippen LogP contribution in [0.2, 0.25) is 0 Å². The van der Waals surface area contributed by atoms with Gasteiger partial charge in [0, 0.05) is 25.2 Å². The van der Waals surface area contributed by atoms with Crippen LogP contribution in [0.3, 0.4) is 0 Å². The van der Waals surface area contributed by atoms with E-state index in [1.807, 2.05) is 72.8 Å². The number of carbonyl (C=O) groups is 2. The molecule has 11 heteroatoms. The number of ether oxygens (including phenoxy) is 2. The molecule has 0 aliphatic rings. The van der Waals surface area contributed by atoms with Gasteiger partial charge in [-0.05, 0) is 77.4 Å². The Morgan fingerprint density at radius 3 is 1.94 bits per heavy atom. The van der Waals surface area contributed by atoms with Crippen LogP contribution in [0, 0.1) is 5.82 Å². The molecule has 9 nitrogen and oxygen atoms in total. The molecule has 0 bridgehead atoms. The minimum Gasteiger partial charge on any atom is -0.497 e. The number of halogens is 1. The van der Waals surface area contributed by atoms with Crippen LogP contribution in [-0.2, 0) is 39.1 Å². The lowest BCUT2D eigenvalue weighted by Gasteiger charge is -2.31. The number of amides is 2. The Kier molecular flexibility index (Phi) is 11.6. The van der Waals surface area contributed by atoms with E-state index in [0.717, 1.165) is 28.8 Å². The lowest BCUT2D eigenvalue weighted by Crippen LogP contribution is -2.51. The molecule has 49 heavy (non-hydrogen) atoms. The van der Waals surface area contributed by atoms with Crippen LogP contribution >= 0.6 is 0 Å². The lowest BCUT2D eigenvalue weighted by molar-refractivity contribution is -0.142. The second kappa shape index (κ2) is 16.4. The highest BCUT2D eigenvalue weighted by atomic mass is 32.2. The third-order valence-electron chi connectivity index (χ3n) is 7.69. The van der Waals surface area contributed by atoms with E-state index in [4.69, 9.17) is 9.47 Å². The smallest absolute Gasteiger partial charge is 0.261 e. The molecule has 0 saturated carbocycles. The van der Waals surface area contributed by atoms with Crippen LogP contribution in [0.1, 0.15) is 16.7 Å². The molecule has 5 rings (SSSR count). The predicted molar refractivity (Wildman–Crippen MR) is 185 cm³/mol. The minimum atomic E-state index is -3.96. The molecule has 252 valence electrons. The van der Waals surface area contributed by atoms with Crippen LogP contribution in [0.4, 0.5) is 10.1 Å². The van der Waals surface area contributed by atoms with E-state index in [0.29, 0.717) is 5.75 Å². The summed E-state index contributed by atoms with van der Waals surface area (Å²) in [5.74, 6) is -0.337. The Morgan fingerprint density at radius 2 is 1.33 bits per heavy atom. The van der Waals surface area contributed by atoms with Crippen LogP contribution in [0.25, 0.3) is 0 Å². The van der Waals surface area contributed by atoms with Crippen LogP contribution in [-0.4, -0.2) is 44.9 Å². The van der Waals surface area contributed by atoms with E-state index in [9.17, 15) is 22.4 Å². The Balaban J connectivity index is 1.35. The molecule has 2 amide bonds. The number of hydrogen-bond donors (Lipinski definition) is 2. The van der Waals surface area contributed by atoms with E-state index < -0.39 is 34.4 Å². The third-order valence-corrected chi connectivity index (χ3v) is 9.08. The van der Waals surface area contributed by atoms with Gasteiger partial charge in [0.25, 0.3) is 15.9 Å². The molecule has 2 N–H and O–H groups in total. The number of methoxy groups -OCH3 is 1. The standard InChI is InChI=1S/C38H36FN3O6S/c1-47-33-18-12-30(13-19-33)26-42(36(24-28-8-4-2-5-9-28)38(44)40-25-29-10-6-3-7-11-29)37(43)27-48-34-20-22-35(23-21-34)49(45,46)41-32-16-14-31(39)15-17-32/h2-23,36,41H,24-27H2,1H3,(H,40,44)/t36-/m1/s1. The van der Waals surface area contributed by atoms with Crippen molar-refractivity contribution >= 4 is 27.5 Å². The Morgan fingerprint density at radius 1 is 0.735 bits per heavy atom. The molecule has 5 aromatic carbocycles. The van der Waals surface area contributed by atoms with Gasteiger partial charge in [-0.2, -0.15) is 0 Å². The number of nitrogens with one attached hydrogen (secondary N) is 2. The van der Waals surface area contributed by atoms with Crippen molar-refractivity contribution in [3.63, 3.8) is 0 Å². The highest BCUT2D eigenvalue weighted by Crippen LogP contribution is 2.21. The molecule has 0 aromatic heterocycles. The SMILES string of the molecule is COc1ccc(CN(C(=O)COc2ccc(S(=O)(=O)Nc3ccc(F)cc3)cc2)[C@H](Cc2ccccc2)C(=O)NCc2ccccc2)cc1. The number of benzene rings is 5. The van der Waals surface area contributed by atoms with Crippen LogP contribution in [0.5, 0.6) is 11.5 Å². The van der Waals surface area contributed by atoms with E-state index >= 15 is 0 Å². The van der Waals surface area contributed by atoms with Crippen LogP contribution < -0.4 is 19.5 Å². The van der Waals surface area contributed by atoms with Crippen LogP contribution in [0.15, 0.2) is 138 Å². The first kappa shape index (κ1) is 34.6. The quantitative estimate of drug-likeness (QED) is 0.141. The Hall–Kier alpha value is -5.68. The monoisotopic (exact) mass is 681 g/mol. The summed E-state index contributed by atoms with van der Waals surface area (Å²) in [4.78, 5) is 29.3. The van der Waals surface area contributed by atoms with Gasteiger partial charge < -0.3 is 19.7 Å². The van der Waals surface area contributed by atoms with E-state index in [1.165, 1.54) is 41.3 Å². The third kappa shape index (κ3) is 9.91. The topological polar surface area (TPSA) is 114 Å². The second-order valence-electron chi connectivity index (χ2n) is 11.2. The molecule has 1 atom stereocenters. The average Bonchev–Trinajstić information content (AvgIpc) is 3.13. The minimum absolute atomic E-state index is 0.0466. The first-order valence-corrected chi connectivity index (χ1v) is 17.0. The van der Waals surface area contributed by atoms with Gasteiger partial charge in [0.2, 0.25) is 5.91 Å². The number of rotatable bonds is 15. The summed E-state index contributed by atoms with van der Waals surface area (Å²) in [5, 5.41) is 3.00. The Bertz CT molecular complexity index is 1920. The fraction of sp³-hybridized carbons (Fsp3) is 0.158. The molecule has 0 aliphatic heterocycles. The molecule has 0 unspecified atom stereocenters. The van der Waals surface area contributed by atoms with Crippen molar-refractivity contribution in [2.75, 3.05) is 18.4 Å². The maximum atomic E-state index is 14.0. The number of hydrogen-bond acceptors (Lipinski definition) is 6. The molecule has 0 radical (unpaired) electrons. The van der Waals surface area contributed by atoms with Crippen molar-refractivity contribution in [2.24, 2.45) is 0 Å². The van der Waals surface area contributed by atoms with E-state index in [-0.39, 0.29) is 41.7 Å². The summed E-state index contributed by atoms with van der Waals surface area (Å²) < 4.78 is 52.5. The van der Waals surface area contributed by atoms with E-state index in [1.54, 1.807) is 19.2 Å². The summed E-state index contributed by atoms with van der Waals surface area (Å²) in [6, 6.07) is 35.8. The highest BCUT2D eigenvalue weighted by Gasteiger charge is 2.31. The molecular weight excluding hydrogens is 645 g/mol. The number of carbonyl (C=O) groups excluding carboxylic acids is 2. The summed E-state index contributed by atoms with van der Waals surface area (Å²) in [7, 11) is -2.39. The van der Waals surface area contributed by atoms with Crippen molar-refractivity contribution in [3.8, 4) is 11.5 Å². The van der Waals surface area contributed by atoms with Crippen molar-refractivity contribution in [1.82, 2.24) is 10.2 Å².